The molecule has 3 aromatic rings. The van der Waals surface area contributed by atoms with Gasteiger partial charge in [0.15, 0.2) is 0 Å². The molecule has 1 aromatic heterocycles. The van der Waals surface area contributed by atoms with Crippen LogP contribution in [0.5, 0.6) is 5.75 Å². The number of nitrogens with zero attached hydrogens (tertiary/aromatic N) is 1. The minimum atomic E-state index is -0.496. The Hall–Kier alpha value is -2.79. The van der Waals surface area contributed by atoms with Crippen molar-refractivity contribution in [2.75, 3.05) is 11.4 Å². The van der Waals surface area contributed by atoms with Gasteiger partial charge in [0.2, 0.25) is 5.91 Å². The molecule has 128 valence electrons. The fraction of sp³-hybridized carbons (Fsp3) is 0.158. The molecule has 2 N–H and O–H groups in total. The monoisotopic (exact) mass is 356 g/mol. The number of halogens is 1. The zero-order chi connectivity index (χ0) is 18.0. The standard InChI is InChI=1S/C19H17ClN2O3/c1-2-22(12-7-4-3-5-8-12)16(23)11-13-18(24)17-14(20)9-6-10-15(17)21-19(13)25/h3-10H,2,11H2,1H3,(H2,21,24,25). The molecule has 0 aliphatic rings. The Kier molecular flexibility index (Phi) is 4.76. The van der Waals surface area contributed by atoms with Gasteiger partial charge in [0.25, 0.3) is 5.56 Å². The number of anilines is 1. The maximum Gasteiger partial charge on any atom is 0.255 e. The lowest BCUT2D eigenvalue weighted by Gasteiger charge is -2.21. The van der Waals surface area contributed by atoms with E-state index in [1.54, 1.807) is 23.1 Å². The van der Waals surface area contributed by atoms with Crippen LogP contribution >= 0.6 is 11.6 Å². The third-order valence-corrected chi connectivity index (χ3v) is 4.39. The fourth-order valence-corrected chi connectivity index (χ4v) is 3.11. The predicted octanol–water partition coefficient (Wildman–Crippen LogP) is 3.48. The van der Waals surface area contributed by atoms with Crippen LogP contribution in [0.2, 0.25) is 5.02 Å². The summed E-state index contributed by atoms with van der Waals surface area (Å²) in [7, 11) is 0. The Morgan fingerprint density at radius 2 is 1.88 bits per heavy atom. The normalized spacial score (nSPS) is 10.8. The predicted molar refractivity (Wildman–Crippen MR) is 99.4 cm³/mol. The number of H-pyrrole nitrogens is 1. The fourth-order valence-electron chi connectivity index (χ4n) is 2.85. The third kappa shape index (κ3) is 3.23. The summed E-state index contributed by atoms with van der Waals surface area (Å²) >= 11 is 6.13. The van der Waals surface area contributed by atoms with Crippen molar-refractivity contribution in [1.82, 2.24) is 4.98 Å². The molecule has 6 heteroatoms. The number of carbonyl (C=O) groups is 1. The number of aromatic nitrogens is 1. The van der Waals surface area contributed by atoms with Crippen molar-refractivity contribution in [3.8, 4) is 5.75 Å². The van der Waals surface area contributed by atoms with Crippen LogP contribution in [0.4, 0.5) is 5.69 Å². The molecule has 0 bridgehead atoms. The Labute approximate surface area is 149 Å². The van der Waals surface area contributed by atoms with Gasteiger partial charge in [-0.3, -0.25) is 9.59 Å². The van der Waals surface area contributed by atoms with Crippen LogP contribution in [0.3, 0.4) is 0 Å². The van der Waals surface area contributed by atoms with E-state index >= 15 is 0 Å². The van der Waals surface area contributed by atoms with E-state index in [2.05, 4.69) is 4.98 Å². The molecule has 0 atom stereocenters. The molecular formula is C19H17ClN2O3. The number of benzene rings is 2. The number of likely N-dealkylation sites (N-methyl/N-ethyl adjacent to an activating group) is 1. The van der Waals surface area contributed by atoms with Gasteiger partial charge in [-0.05, 0) is 31.2 Å². The number of amides is 1. The highest BCUT2D eigenvalue weighted by Gasteiger charge is 2.20. The van der Waals surface area contributed by atoms with E-state index < -0.39 is 5.56 Å². The van der Waals surface area contributed by atoms with Crippen molar-refractivity contribution < 1.29 is 9.90 Å². The van der Waals surface area contributed by atoms with Gasteiger partial charge in [0.05, 0.1) is 27.9 Å². The third-order valence-electron chi connectivity index (χ3n) is 4.07. The Bertz CT molecular complexity index is 983. The van der Waals surface area contributed by atoms with Crippen molar-refractivity contribution in [2.24, 2.45) is 0 Å². The molecule has 25 heavy (non-hydrogen) atoms. The molecule has 0 spiro atoms. The van der Waals surface area contributed by atoms with Gasteiger partial charge in [0.1, 0.15) is 5.75 Å². The molecule has 0 aliphatic heterocycles. The summed E-state index contributed by atoms with van der Waals surface area (Å²) < 4.78 is 0. The summed E-state index contributed by atoms with van der Waals surface area (Å²) in [5.41, 5.74) is 0.691. The number of para-hydroxylation sites is 1. The lowest BCUT2D eigenvalue weighted by atomic mass is 10.1. The number of hydrogen-bond donors (Lipinski definition) is 2. The number of aromatic hydroxyl groups is 1. The molecule has 0 saturated heterocycles. The van der Waals surface area contributed by atoms with Gasteiger partial charge in [-0.1, -0.05) is 35.9 Å². The molecule has 0 unspecified atom stereocenters. The lowest BCUT2D eigenvalue weighted by molar-refractivity contribution is -0.118. The molecule has 1 amide bonds. The van der Waals surface area contributed by atoms with E-state index in [1.807, 2.05) is 37.3 Å². The minimum Gasteiger partial charge on any atom is -0.507 e. The van der Waals surface area contributed by atoms with Gasteiger partial charge < -0.3 is 15.0 Å². The Morgan fingerprint density at radius 1 is 1.16 bits per heavy atom. The molecule has 0 radical (unpaired) electrons. The van der Waals surface area contributed by atoms with E-state index in [-0.39, 0.29) is 23.6 Å². The molecular weight excluding hydrogens is 340 g/mol. The summed E-state index contributed by atoms with van der Waals surface area (Å²) in [5, 5.41) is 11.2. The van der Waals surface area contributed by atoms with Gasteiger partial charge >= 0.3 is 0 Å². The Morgan fingerprint density at radius 3 is 2.56 bits per heavy atom. The highest BCUT2D eigenvalue weighted by Crippen LogP contribution is 2.31. The van der Waals surface area contributed by atoms with E-state index in [0.29, 0.717) is 22.5 Å². The number of aromatic amines is 1. The molecule has 0 aliphatic carbocycles. The second-order valence-corrected chi connectivity index (χ2v) is 6.00. The van der Waals surface area contributed by atoms with Crippen LogP contribution in [-0.2, 0) is 11.2 Å². The van der Waals surface area contributed by atoms with E-state index in [4.69, 9.17) is 11.6 Å². The maximum atomic E-state index is 12.7. The molecule has 0 saturated carbocycles. The van der Waals surface area contributed by atoms with E-state index in [0.717, 1.165) is 5.69 Å². The van der Waals surface area contributed by atoms with Crippen LogP contribution in [0.25, 0.3) is 10.9 Å². The summed E-state index contributed by atoms with van der Waals surface area (Å²) in [5.74, 6) is -0.525. The average Bonchev–Trinajstić information content (AvgIpc) is 2.60. The van der Waals surface area contributed by atoms with Crippen molar-refractivity contribution >= 4 is 34.1 Å². The molecule has 1 heterocycles. The molecule has 0 fully saturated rings. The first-order valence-corrected chi connectivity index (χ1v) is 8.28. The van der Waals surface area contributed by atoms with Crippen molar-refractivity contribution in [3.63, 3.8) is 0 Å². The lowest BCUT2D eigenvalue weighted by Crippen LogP contribution is -2.33. The van der Waals surface area contributed by atoms with Crippen LogP contribution < -0.4 is 10.5 Å². The number of rotatable bonds is 4. The SMILES string of the molecule is CCN(C(=O)Cc1c(O)c2c(Cl)cccc2[nH]c1=O)c1ccccc1. The van der Waals surface area contributed by atoms with E-state index in [1.165, 1.54) is 0 Å². The number of carbonyl (C=O) groups excluding carboxylic acids is 1. The first-order chi connectivity index (χ1) is 12.0. The van der Waals surface area contributed by atoms with Gasteiger partial charge in [0, 0.05) is 12.2 Å². The van der Waals surface area contributed by atoms with Crippen molar-refractivity contribution in [2.45, 2.75) is 13.3 Å². The topological polar surface area (TPSA) is 73.4 Å². The summed E-state index contributed by atoms with van der Waals surface area (Å²) in [4.78, 5) is 29.3. The average molecular weight is 357 g/mol. The van der Waals surface area contributed by atoms with Gasteiger partial charge in [-0.25, -0.2) is 0 Å². The molecule has 3 rings (SSSR count). The van der Waals surface area contributed by atoms with Crippen LogP contribution in [0, 0.1) is 0 Å². The first kappa shape index (κ1) is 17.0. The quantitative estimate of drug-likeness (QED) is 0.751. The smallest absolute Gasteiger partial charge is 0.255 e. The van der Waals surface area contributed by atoms with Gasteiger partial charge in [-0.2, -0.15) is 0 Å². The van der Waals surface area contributed by atoms with Crippen molar-refractivity contribution in [1.29, 1.82) is 0 Å². The van der Waals surface area contributed by atoms with Crippen LogP contribution in [0.1, 0.15) is 12.5 Å². The summed E-state index contributed by atoms with van der Waals surface area (Å²) in [6.45, 7) is 2.31. The first-order valence-electron chi connectivity index (χ1n) is 7.90. The molecule has 5 nitrogen and oxygen atoms in total. The van der Waals surface area contributed by atoms with Crippen LogP contribution in [0.15, 0.2) is 53.3 Å². The summed E-state index contributed by atoms with van der Waals surface area (Å²) in [6.07, 6.45) is -0.217. The second kappa shape index (κ2) is 6.99. The number of hydrogen-bond acceptors (Lipinski definition) is 3. The molecule has 2 aromatic carbocycles. The number of nitrogens with one attached hydrogen (secondary N) is 1. The highest BCUT2D eigenvalue weighted by molar-refractivity contribution is 6.36. The zero-order valence-electron chi connectivity index (χ0n) is 13.6. The highest BCUT2D eigenvalue weighted by atomic mass is 35.5. The Balaban J connectivity index is 2.01. The second-order valence-electron chi connectivity index (χ2n) is 5.59. The van der Waals surface area contributed by atoms with E-state index in [9.17, 15) is 14.7 Å². The largest absolute Gasteiger partial charge is 0.507 e. The number of fused-ring (bicyclic) bond motifs is 1. The van der Waals surface area contributed by atoms with Crippen molar-refractivity contribution in [3.05, 3.63) is 69.5 Å². The number of pyridine rings is 1. The maximum absolute atomic E-state index is 12.7. The summed E-state index contributed by atoms with van der Waals surface area (Å²) in [6, 6.07) is 14.1. The van der Waals surface area contributed by atoms with Crippen LogP contribution in [-0.4, -0.2) is 22.5 Å². The zero-order valence-corrected chi connectivity index (χ0v) is 14.4. The van der Waals surface area contributed by atoms with Gasteiger partial charge in [-0.15, -0.1) is 0 Å². The minimum absolute atomic E-state index is 0.0139.